The second-order valence-corrected chi connectivity index (χ2v) is 5.86. The summed E-state index contributed by atoms with van der Waals surface area (Å²) < 4.78 is 0. The van der Waals surface area contributed by atoms with Gasteiger partial charge in [0, 0.05) is 43.4 Å². The highest BCUT2D eigenvalue weighted by molar-refractivity contribution is 7.13. The van der Waals surface area contributed by atoms with Gasteiger partial charge in [0.05, 0.1) is 5.69 Å². The summed E-state index contributed by atoms with van der Waals surface area (Å²) in [6.07, 6.45) is 3.67. The van der Waals surface area contributed by atoms with Crippen LogP contribution in [0.1, 0.15) is 32.0 Å². The van der Waals surface area contributed by atoms with Crippen LogP contribution >= 0.6 is 11.3 Å². The maximum absolute atomic E-state index is 4.72. The zero-order chi connectivity index (χ0) is 14.4. The summed E-state index contributed by atoms with van der Waals surface area (Å²) in [4.78, 5) is 11.1. The number of anilines is 1. The average molecular weight is 290 g/mol. The molecule has 0 aromatic carbocycles. The molecule has 0 aliphatic carbocycles. The minimum Gasteiger partial charge on any atom is -0.344 e. The smallest absolute Gasteiger partial charge is 0.185 e. The van der Waals surface area contributed by atoms with Crippen LogP contribution in [0.2, 0.25) is 0 Å². The Kier molecular flexibility index (Phi) is 5.49. The second-order valence-electron chi connectivity index (χ2n) is 5.03. The Morgan fingerprint density at radius 1 is 1.30 bits per heavy atom. The molecule has 2 rings (SSSR count). The summed E-state index contributed by atoms with van der Waals surface area (Å²) in [6, 6.07) is 4.59. The monoisotopic (exact) mass is 290 g/mol. The van der Waals surface area contributed by atoms with E-state index < -0.39 is 0 Å². The van der Waals surface area contributed by atoms with Crippen molar-refractivity contribution in [2.45, 2.75) is 39.9 Å². The van der Waals surface area contributed by atoms with Gasteiger partial charge in [0.1, 0.15) is 0 Å². The van der Waals surface area contributed by atoms with E-state index >= 15 is 0 Å². The molecule has 0 spiro atoms. The van der Waals surface area contributed by atoms with Gasteiger partial charge in [0.15, 0.2) is 5.13 Å². The predicted molar refractivity (Wildman–Crippen MR) is 85.1 cm³/mol. The standard InChI is InChI=1S/C15H22N4S/c1-4-19(10-13-5-7-16-8-6-13)15-18-14(11-20-15)9-17-12(2)3/h5-8,11-12,17H,4,9-10H2,1-3H3. The lowest BCUT2D eigenvalue weighted by atomic mass is 10.2. The Labute approximate surface area is 124 Å². The van der Waals surface area contributed by atoms with E-state index in [0.29, 0.717) is 6.04 Å². The molecule has 0 fully saturated rings. The number of pyridine rings is 1. The van der Waals surface area contributed by atoms with Crippen molar-refractivity contribution in [1.29, 1.82) is 0 Å². The van der Waals surface area contributed by atoms with Crippen LogP contribution in [0.5, 0.6) is 0 Å². The highest BCUT2D eigenvalue weighted by Gasteiger charge is 2.10. The molecule has 0 atom stereocenters. The molecule has 0 aliphatic heterocycles. The Morgan fingerprint density at radius 2 is 2.05 bits per heavy atom. The van der Waals surface area contributed by atoms with Crippen molar-refractivity contribution in [2.24, 2.45) is 0 Å². The molecule has 0 unspecified atom stereocenters. The van der Waals surface area contributed by atoms with Gasteiger partial charge in [-0.1, -0.05) is 13.8 Å². The number of thiazole rings is 1. The molecule has 20 heavy (non-hydrogen) atoms. The van der Waals surface area contributed by atoms with E-state index in [1.54, 1.807) is 11.3 Å². The van der Waals surface area contributed by atoms with Gasteiger partial charge in [0.25, 0.3) is 0 Å². The molecule has 0 radical (unpaired) electrons. The first-order chi connectivity index (χ1) is 9.69. The largest absolute Gasteiger partial charge is 0.344 e. The normalized spacial score (nSPS) is 11.0. The van der Waals surface area contributed by atoms with Gasteiger partial charge in [-0.2, -0.15) is 0 Å². The molecule has 0 aliphatic rings. The summed E-state index contributed by atoms with van der Waals surface area (Å²) in [5.74, 6) is 0. The number of nitrogens with one attached hydrogen (secondary N) is 1. The zero-order valence-corrected chi connectivity index (χ0v) is 13.2. The highest BCUT2D eigenvalue weighted by atomic mass is 32.1. The van der Waals surface area contributed by atoms with Gasteiger partial charge >= 0.3 is 0 Å². The summed E-state index contributed by atoms with van der Waals surface area (Å²) in [5.41, 5.74) is 2.38. The van der Waals surface area contributed by atoms with Crippen molar-refractivity contribution < 1.29 is 0 Å². The van der Waals surface area contributed by atoms with E-state index in [4.69, 9.17) is 4.98 Å². The van der Waals surface area contributed by atoms with E-state index in [1.165, 1.54) is 5.56 Å². The molecule has 108 valence electrons. The Hall–Kier alpha value is -1.46. The Balaban J connectivity index is 2.01. The Morgan fingerprint density at radius 3 is 2.70 bits per heavy atom. The molecule has 2 heterocycles. The fourth-order valence-electron chi connectivity index (χ4n) is 1.85. The molecule has 4 nitrogen and oxygen atoms in total. The number of aromatic nitrogens is 2. The number of hydrogen-bond acceptors (Lipinski definition) is 5. The van der Waals surface area contributed by atoms with Crippen LogP contribution in [-0.4, -0.2) is 22.6 Å². The first-order valence-electron chi connectivity index (χ1n) is 7.00. The minimum absolute atomic E-state index is 0.485. The molecule has 0 saturated carbocycles. The van der Waals surface area contributed by atoms with E-state index in [2.05, 4.69) is 53.5 Å². The molecule has 2 aromatic rings. The van der Waals surface area contributed by atoms with Crippen molar-refractivity contribution in [3.63, 3.8) is 0 Å². The van der Waals surface area contributed by atoms with Gasteiger partial charge in [-0.3, -0.25) is 4.98 Å². The molecule has 0 bridgehead atoms. The van der Waals surface area contributed by atoms with Gasteiger partial charge in [-0.05, 0) is 24.6 Å². The van der Waals surface area contributed by atoms with Crippen molar-refractivity contribution in [3.05, 3.63) is 41.2 Å². The van der Waals surface area contributed by atoms with Crippen LogP contribution < -0.4 is 10.2 Å². The molecule has 5 heteroatoms. The van der Waals surface area contributed by atoms with Crippen LogP contribution in [0.25, 0.3) is 0 Å². The predicted octanol–water partition coefficient (Wildman–Crippen LogP) is 3.06. The first-order valence-corrected chi connectivity index (χ1v) is 7.88. The third-order valence-electron chi connectivity index (χ3n) is 3.01. The van der Waals surface area contributed by atoms with Gasteiger partial charge in [-0.15, -0.1) is 11.3 Å². The van der Waals surface area contributed by atoms with E-state index in [0.717, 1.165) is 30.5 Å². The molecule has 2 aromatic heterocycles. The summed E-state index contributed by atoms with van der Waals surface area (Å²) in [6.45, 7) is 9.12. The number of hydrogen-bond donors (Lipinski definition) is 1. The molecule has 0 amide bonds. The van der Waals surface area contributed by atoms with Crippen LogP contribution in [0.3, 0.4) is 0 Å². The number of rotatable bonds is 7. The van der Waals surface area contributed by atoms with Crippen LogP contribution in [0, 0.1) is 0 Å². The Bertz CT molecular complexity index is 510. The van der Waals surface area contributed by atoms with E-state index in [1.807, 2.05) is 12.4 Å². The molecular weight excluding hydrogens is 268 g/mol. The van der Waals surface area contributed by atoms with Crippen molar-refractivity contribution in [1.82, 2.24) is 15.3 Å². The van der Waals surface area contributed by atoms with E-state index in [9.17, 15) is 0 Å². The van der Waals surface area contributed by atoms with Crippen LogP contribution in [0.15, 0.2) is 29.9 Å². The van der Waals surface area contributed by atoms with Crippen molar-refractivity contribution in [2.75, 3.05) is 11.4 Å². The van der Waals surface area contributed by atoms with Gasteiger partial charge in [0.2, 0.25) is 0 Å². The lowest BCUT2D eigenvalue weighted by molar-refractivity contribution is 0.582. The third kappa shape index (κ3) is 4.28. The lowest BCUT2D eigenvalue weighted by Crippen LogP contribution is -2.23. The van der Waals surface area contributed by atoms with Gasteiger partial charge in [-0.25, -0.2) is 4.98 Å². The summed E-state index contributed by atoms with van der Waals surface area (Å²) >= 11 is 1.71. The molecule has 1 N–H and O–H groups in total. The summed E-state index contributed by atoms with van der Waals surface area (Å²) in [5, 5.41) is 6.63. The minimum atomic E-state index is 0.485. The quantitative estimate of drug-likeness (QED) is 0.851. The third-order valence-corrected chi connectivity index (χ3v) is 3.96. The molecular formula is C15H22N4S. The fourth-order valence-corrected chi connectivity index (χ4v) is 2.74. The zero-order valence-electron chi connectivity index (χ0n) is 12.3. The summed E-state index contributed by atoms with van der Waals surface area (Å²) in [7, 11) is 0. The van der Waals surface area contributed by atoms with Crippen LogP contribution in [-0.2, 0) is 13.1 Å². The van der Waals surface area contributed by atoms with Gasteiger partial charge < -0.3 is 10.2 Å². The first kappa shape index (κ1) is 14.9. The lowest BCUT2D eigenvalue weighted by Gasteiger charge is -2.19. The van der Waals surface area contributed by atoms with E-state index in [-0.39, 0.29) is 0 Å². The highest BCUT2D eigenvalue weighted by Crippen LogP contribution is 2.22. The SMILES string of the molecule is CCN(Cc1ccncc1)c1nc(CNC(C)C)cs1. The van der Waals surface area contributed by atoms with Crippen LogP contribution in [0.4, 0.5) is 5.13 Å². The second kappa shape index (κ2) is 7.36. The maximum Gasteiger partial charge on any atom is 0.185 e. The topological polar surface area (TPSA) is 41.1 Å². The fraction of sp³-hybridized carbons (Fsp3) is 0.467. The van der Waals surface area contributed by atoms with Crippen molar-refractivity contribution >= 4 is 16.5 Å². The number of nitrogens with zero attached hydrogens (tertiary/aromatic N) is 3. The van der Waals surface area contributed by atoms with Crippen molar-refractivity contribution in [3.8, 4) is 0 Å². The maximum atomic E-state index is 4.72. The molecule has 0 saturated heterocycles. The average Bonchev–Trinajstić information content (AvgIpc) is 2.92.